The summed E-state index contributed by atoms with van der Waals surface area (Å²) < 4.78 is 28.6. The van der Waals surface area contributed by atoms with Crippen LogP contribution in [0.4, 0.5) is 0 Å². The molecule has 1 aromatic carbocycles. The van der Waals surface area contributed by atoms with Crippen LogP contribution in [0.5, 0.6) is 0 Å². The van der Waals surface area contributed by atoms with Crippen molar-refractivity contribution in [3.63, 3.8) is 0 Å². The maximum atomic E-state index is 12.4. The number of hydrazone groups is 1. The zero-order chi connectivity index (χ0) is 15.5. The molecule has 0 fully saturated rings. The summed E-state index contributed by atoms with van der Waals surface area (Å²) in [5.41, 5.74) is 0. The number of amidine groups is 1. The number of rotatable bonds is 3. The zero-order valence-electron chi connectivity index (χ0n) is 11.7. The molecule has 0 amide bonds. The highest BCUT2D eigenvalue weighted by Crippen LogP contribution is 2.24. The quantitative estimate of drug-likeness (QED) is 0.624. The van der Waals surface area contributed by atoms with Crippen LogP contribution in [-0.2, 0) is 10.0 Å². The summed E-state index contributed by atoms with van der Waals surface area (Å²) in [6.07, 6.45) is 4.56. The minimum absolute atomic E-state index is 0.00781. The number of hydrogen-bond acceptors (Lipinski definition) is 4. The summed E-state index contributed by atoms with van der Waals surface area (Å²) in [5.74, 6) is 0.324. The molecule has 21 heavy (non-hydrogen) atoms. The van der Waals surface area contributed by atoms with Crippen molar-refractivity contribution in [3.05, 3.63) is 29.3 Å². The average Bonchev–Trinajstić information content (AvgIpc) is 2.94. The van der Waals surface area contributed by atoms with Gasteiger partial charge < -0.3 is 0 Å². The standard InChI is InChI=1S/C13H16ClN3O2S2/c1-3-10-8-15-17(9-10)13(20-2)16-21(18,19)12-7-5-4-6-11(12)14/h4-8,10H,3,9H2,1-2H3. The van der Waals surface area contributed by atoms with Crippen molar-refractivity contribution in [2.75, 3.05) is 12.8 Å². The molecule has 0 aromatic heterocycles. The lowest BCUT2D eigenvalue weighted by atomic mass is 10.1. The Morgan fingerprint density at radius 2 is 2.24 bits per heavy atom. The Hall–Kier alpha value is -1.05. The molecule has 5 nitrogen and oxygen atoms in total. The van der Waals surface area contributed by atoms with Gasteiger partial charge in [-0.25, -0.2) is 5.01 Å². The molecule has 114 valence electrons. The van der Waals surface area contributed by atoms with Gasteiger partial charge in [-0.3, -0.25) is 0 Å². The van der Waals surface area contributed by atoms with Gasteiger partial charge in [0.1, 0.15) is 4.90 Å². The van der Waals surface area contributed by atoms with Gasteiger partial charge in [-0.1, -0.05) is 42.4 Å². The third-order valence-electron chi connectivity index (χ3n) is 3.06. The topological polar surface area (TPSA) is 62.1 Å². The van der Waals surface area contributed by atoms with Gasteiger partial charge in [-0.2, -0.15) is 13.5 Å². The van der Waals surface area contributed by atoms with Gasteiger partial charge in [0.05, 0.1) is 11.6 Å². The van der Waals surface area contributed by atoms with Gasteiger partial charge in [-0.05, 0) is 24.8 Å². The highest BCUT2D eigenvalue weighted by Gasteiger charge is 2.24. The van der Waals surface area contributed by atoms with E-state index < -0.39 is 10.0 Å². The summed E-state index contributed by atoms with van der Waals surface area (Å²) >= 11 is 7.19. The Kier molecular flexibility index (Phi) is 5.29. The third kappa shape index (κ3) is 3.78. The number of thioether (sulfide) groups is 1. The van der Waals surface area contributed by atoms with Crippen LogP contribution in [0.1, 0.15) is 13.3 Å². The first-order valence-electron chi connectivity index (χ1n) is 6.43. The molecule has 1 unspecified atom stereocenters. The SMILES string of the molecule is CCC1C=NN(C(=NS(=O)(=O)c2ccccc2Cl)SC)C1. The molecular weight excluding hydrogens is 330 g/mol. The van der Waals surface area contributed by atoms with Crippen molar-refractivity contribution in [1.82, 2.24) is 5.01 Å². The molecule has 0 aliphatic carbocycles. The van der Waals surface area contributed by atoms with Crippen LogP contribution >= 0.6 is 23.4 Å². The van der Waals surface area contributed by atoms with Crippen molar-refractivity contribution in [1.29, 1.82) is 0 Å². The average molecular weight is 346 g/mol. The minimum atomic E-state index is -3.84. The molecule has 0 spiro atoms. The Bertz CT molecular complexity index is 674. The first-order valence-corrected chi connectivity index (χ1v) is 9.47. The Labute approximate surface area is 134 Å². The normalized spacial score (nSPS) is 19.3. The first-order chi connectivity index (χ1) is 9.97. The molecule has 1 aliphatic rings. The lowest BCUT2D eigenvalue weighted by Crippen LogP contribution is -2.24. The van der Waals surface area contributed by atoms with Crippen molar-refractivity contribution in [2.24, 2.45) is 15.4 Å². The fourth-order valence-corrected chi connectivity index (χ4v) is 4.17. The predicted molar refractivity (Wildman–Crippen MR) is 88.6 cm³/mol. The second-order valence-corrected chi connectivity index (χ2v) is 7.25. The Morgan fingerprint density at radius 1 is 1.52 bits per heavy atom. The van der Waals surface area contributed by atoms with Gasteiger partial charge in [0.2, 0.25) is 0 Å². The van der Waals surface area contributed by atoms with Crippen LogP contribution in [0.3, 0.4) is 0 Å². The van der Waals surface area contributed by atoms with Crippen LogP contribution in [0.25, 0.3) is 0 Å². The van der Waals surface area contributed by atoms with E-state index in [0.29, 0.717) is 17.6 Å². The van der Waals surface area contributed by atoms with Gasteiger partial charge in [0.25, 0.3) is 10.0 Å². The lowest BCUT2D eigenvalue weighted by Gasteiger charge is -2.15. The van der Waals surface area contributed by atoms with E-state index in [1.54, 1.807) is 23.4 Å². The molecule has 8 heteroatoms. The van der Waals surface area contributed by atoms with Gasteiger partial charge in [0.15, 0.2) is 5.17 Å². The van der Waals surface area contributed by atoms with E-state index in [0.717, 1.165) is 6.42 Å². The van der Waals surface area contributed by atoms with Crippen molar-refractivity contribution in [3.8, 4) is 0 Å². The summed E-state index contributed by atoms with van der Waals surface area (Å²) in [5, 5.41) is 6.35. The molecule has 1 aromatic rings. The smallest absolute Gasteiger partial charge is 0.241 e. The van der Waals surface area contributed by atoms with E-state index in [-0.39, 0.29) is 9.92 Å². The van der Waals surface area contributed by atoms with Crippen LogP contribution in [0.15, 0.2) is 38.7 Å². The summed E-state index contributed by atoms with van der Waals surface area (Å²) in [6, 6.07) is 6.27. The van der Waals surface area contributed by atoms with E-state index >= 15 is 0 Å². The minimum Gasteiger partial charge on any atom is -0.241 e. The number of benzene rings is 1. The molecule has 0 saturated heterocycles. The third-order valence-corrected chi connectivity index (χ3v) is 5.61. The fourth-order valence-electron chi connectivity index (χ4n) is 1.85. The maximum Gasteiger partial charge on any atom is 0.286 e. The largest absolute Gasteiger partial charge is 0.286 e. The lowest BCUT2D eigenvalue weighted by molar-refractivity contribution is 0.448. The number of sulfonamides is 1. The van der Waals surface area contributed by atoms with Crippen LogP contribution < -0.4 is 0 Å². The number of nitrogens with zero attached hydrogens (tertiary/aromatic N) is 3. The van der Waals surface area contributed by atoms with Crippen LogP contribution in [0, 0.1) is 5.92 Å². The number of halogens is 1. The molecule has 0 N–H and O–H groups in total. The summed E-state index contributed by atoms with van der Waals surface area (Å²) in [4.78, 5) is 0.00781. The summed E-state index contributed by atoms with van der Waals surface area (Å²) in [7, 11) is -3.84. The fraction of sp³-hybridized carbons (Fsp3) is 0.385. The van der Waals surface area contributed by atoms with E-state index in [1.807, 2.05) is 6.21 Å². The molecule has 0 radical (unpaired) electrons. The molecule has 1 atom stereocenters. The van der Waals surface area contributed by atoms with Gasteiger partial charge in [-0.15, -0.1) is 4.40 Å². The van der Waals surface area contributed by atoms with E-state index in [2.05, 4.69) is 16.4 Å². The molecule has 1 heterocycles. The zero-order valence-corrected chi connectivity index (χ0v) is 14.1. The van der Waals surface area contributed by atoms with Gasteiger partial charge in [0, 0.05) is 12.1 Å². The Balaban J connectivity index is 2.32. The maximum absolute atomic E-state index is 12.4. The van der Waals surface area contributed by atoms with Crippen LogP contribution in [-0.4, -0.2) is 37.6 Å². The second-order valence-electron chi connectivity index (χ2n) is 4.50. The Morgan fingerprint density at radius 3 is 2.81 bits per heavy atom. The highest BCUT2D eigenvalue weighted by molar-refractivity contribution is 8.13. The van der Waals surface area contributed by atoms with E-state index in [1.165, 1.54) is 23.9 Å². The highest BCUT2D eigenvalue weighted by atomic mass is 35.5. The predicted octanol–water partition coefficient (Wildman–Crippen LogP) is 3.08. The van der Waals surface area contributed by atoms with Gasteiger partial charge >= 0.3 is 0 Å². The van der Waals surface area contributed by atoms with E-state index in [9.17, 15) is 8.42 Å². The molecule has 2 rings (SSSR count). The molecule has 0 saturated carbocycles. The first kappa shape index (κ1) is 16.3. The second kappa shape index (κ2) is 6.81. The molecule has 1 aliphatic heterocycles. The molecular formula is C13H16ClN3O2S2. The van der Waals surface area contributed by atoms with Crippen molar-refractivity contribution >= 4 is 44.8 Å². The van der Waals surface area contributed by atoms with Crippen LogP contribution in [0.2, 0.25) is 5.02 Å². The van der Waals surface area contributed by atoms with E-state index in [4.69, 9.17) is 11.6 Å². The monoisotopic (exact) mass is 345 g/mol. The van der Waals surface area contributed by atoms with Crippen molar-refractivity contribution < 1.29 is 8.42 Å². The summed E-state index contributed by atoms with van der Waals surface area (Å²) in [6.45, 7) is 2.71. The number of hydrogen-bond donors (Lipinski definition) is 0. The van der Waals surface area contributed by atoms with Crippen molar-refractivity contribution in [2.45, 2.75) is 18.2 Å². The molecule has 0 bridgehead atoms.